The molecule has 1 aliphatic carbocycles. The Balaban J connectivity index is 2.32. The topological polar surface area (TPSA) is 58.2 Å². The van der Waals surface area contributed by atoms with Gasteiger partial charge >= 0.3 is 0 Å². The van der Waals surface area contributed by atoms with Crippen molar-refractivity contribution in [2.75, 3.05) is 18.8 Å². The Kier molecular flexibility index (Phi) is 7.95. The van der Waals surface area contributed by atoms with Gasteiger partial charge in [0.15, 0.2) is 0 Å². The van der Waals surface area contributed by atoms with Gasteiger partial charge in [-0.2, -0.15) is 0 Å². The standard InChI is InChI=1S/C14H30N2O2S/c1-3-10-15-11-7-12-19(17,18)16-14-9-6-5-8-13(14)4-2/h13-16H,3-12H2,1-2H3. The maximum atomic E-state index is 12.1. The Morgan fingerprint density at radius 1 is 1.11 bits per heavy atom. The molecule has 0 bridgehead atoms. The van der Waals surface area contributed by atoms with Gasteiger partial charge in [-0.25, -0.2) is 13.1 Å². The summed E-state index contributed by atoms with van der Waals surface area (Å²) in [6.45, 7) is 6.02. The molecule has 0 aromatic heterocycles. The summed E-state index contributed by atoms with van der Waals surface area (Å²) in [7, 11) is -3.10. The first kappa shape index (κ1) is 16.9. The SMILES string of the molecule is CCCNCCCS(=O)(=O)NC1CCCCC1CC. The highest BCUT2D eigenvalue weighted by Crippen LogP contribution is 2.27. The molecule has 0 amide bonds. The highest BCUT2D eigenvalue weighted by Gasteiger charge is 2.27. The van der Waals surface area contributed by atoms with Crippen molar-refractivity contribution in [3.8, 4) is 0 Å². The number of nitrogens with one attached hydrogen (secondary N) is 2. The molecular weight excluding hydrogens is 260 g/mol. The van der Waals surface area contributed by atoms with Gasteiger partial charge in [0, 0.05) is 6.04 Å². The van der Waals surface area contributed by atoms with Crippen LogP contribution in [0, 0.1) is 5.92 Å². The summed E-state index contributed by atoms with van der Waals surface area (Å²) in [4.78, 5) is 0. The van der Waals surface area contributed by atoms with E-state index in [2.05, 4.69) is 23.9 Å². The minimum absolute atomic E-state index is 0.173. The summed E-state index contributed by atoms with van der Waals surface area (Å²) >= 11 is 0. The molecule has 0 spiro atoms. The first-order valence-corrected chi connectivity index (χ1v) is 9.45. The summed E-state index contributed by atoms with van der Waals surface area (Å²) in [6.07, 6.45) is 7.43. The van der Waals surface area contributed by atoms with Gasteiger partial charge in [0.25, 0.3) is 0 Å². The predicted molar refractivity (Wildman–Crippen MR) is 80.7 cm³/mol. The van der Waals surface area contributed by atoms with E-state index in [0.29, 0.717) is 12.3 Å². The van der Waals surface area contributed by atoms with Gasteiger partial charge in [0.05, 0.1) is 5.75 Å². The number of hydrogen-bond donors (Lipinski definition) is 2. The van der Waals surface area contributed by atoms with Crippen molar-refractivity contribution in [2.24, 2.45) is 5.92 Å². The first-order valence-electron chi connectivity index (χ1n) is 7.79. The summed E-state index contributed by atoms with van der Waals surface area (Å²) in [6, 6.07) is 0.173. The Bertz CT molecular complexity index is 330. The van der Waals surface area contributed by atoms with Crippen molar-refractivity contribution >= 4 is 10.0 Å². The van der Waals surface area contributed by atoms with Gasteiger partial charge in [-0.05, 0) is 44.7 Å². The fraction of sp³-hybridized carbons (Fsp3) is 1.00. The zero-order chi connectivity index (χ0) is 14.1. The fourth-order valence-corrected chi connectivity index (χ4v) is 4.24. The van der Waals surface area contributed by atoms with Crippen molar-refractivity contribution in [3.63, 3.8) is 0 Å². The molecule has 1 aliphatic rings. The lowest BCUT2D eigenvalue weighted by Gasteiger charge is -2.31. The molecule has 19 heavy (non-hydrogen) atoms. The Morgan fingerprint density at radius 2 is 1.84 bits per heavy atom. The molecule has 1 saturated carbocycles. The number of sulfonamides is 1. The van der Waals surface area contributed by atoms with Gasteiger partial charge in [-0.3, -0.25) is 0 Å². The van der Waals surface area contributed by atoms with Crippen molar-refractivity contribution in [2.45, 2.75) is 64.8 Å². The van der Waals surface area contributed by atoms with E-state index in [1.54, 1.807) is 0 Å². The predicted octanol–water partition coefficient (Wildman–Crippen LogP) is 2.26. The highest BCUT2D eigenvalue weighted by molar-refractivity contribution is 7.89. The first-order chi connectivity index (χ1) is 9.09. The molecular formula is C14H30N2O2S. The molecule has 4 nitrogen and oxygen atoms in total. The molecule has 1 rings (SSSR count). The van der Waals surface area contributed by atoms with Crippen LogP contribution in [0.25, 0.3) is 0 Å². The summed E-state index contributed by atoms with van der Waals surface area (Å²) in [5.41, 5.74) is 0. The monoisotopic (exact) mass is 290 g/mol. The lowest BCUT2D eigenvalue weighted by Crippen LogP contribution is -2.43. The van der Waals surface area contributed by atoms with Crippen LogP contribution in [0.15, 0.2) is 0 Å². The van der Waals surface area contributed by atoms with Gasteiger partial charge in [0.1, 0.15) is 0 Å². The Hall–Kier alpha value is -0.130. The molecule has 2 unspecified atom stereocenters. The average molecular weight is 290 g/mol. The zero-order valence-corrected chi connectivity index (χ0v) is 13.3. The van der Waals surface area contributed by atoms with Crippen molar-refractivity contribution in [1.29, 1.82) is 0 Å². The average Bonchev–Trinajstić information content (AvgIpc) is 2.38. The Labute approximate surface area is 118 Å². The molecule has 0 radical (unpaired) electrons. The quantitative estimate of drug-likeness (QED) is 0.640. The smallest absolute Gasteiger partial charge is 0.211 e. The van der Waals surface area contributed by atoms with Crippen molar-refractivity contribution < 1.29 is 8.42 Å². The van der Waals surface area contributed by atoms with E-state index in [1.165, 1.54) is 12.8 Å². The lowest BCUT2D eigenvalue weighted by molar-refractivity contribution is 0.282. The van der Waals surface area contributed by atoms with Crippen LogP contribution < -0.4 is 10.0 Å². The highest BCUT2D eigenvalue weighted by atomic mass is 32.2. The van der Waals surface area contributed by atoms with Crippen LogP contribution in [-0.4, -0.2) is 33.3 Å². The van der Waals surface area contributed by atoms with Gasteiger partial charge in [-0.15, -0.1) is 0 Å². The van der Waals surface area contributed by atoms with Crippen LogP contribution in [0.4, 0.5) is 0 Å². The van der Waals surface area contributed by atoms with E-state index in [0.717, 1.165) is 38.8 Å². The van der Waals surface area contributed by atoms with E-state index < -0.39 is 10.0 Å². The summed E-state index contributed by atoms with van der Waals surface area (Å²) < 4.78 is 27.0. The van der Waals surface area contributed by atoms with Crippen LogP contribution in [0.2, 0.25) is 0 Å². The van der Waals surface area contributed by atoms with Crippen LogP contribution in [0.1, 0.15) is 58.8 Å². The molecule has 1 fully saturated rings. The maximum Gasteiger partial charge on any atom is 0.211 e. The molecule has 0 aromatic carbocycles. The summed E-state index contributed by atoms with van der Waals surface area (Å²) in [5.74, 6) is 0.776. The molecule has 0 heterocycles. The van der Waals surface area contributed by atoms with Gasteiger partial charge < -0.3 is 5.32 Å². The molecule has 5 heteroatoms. The molecule has 2 N–H and O–H groups in total. The second kappa shape index (κ2) is 8.93. The zero-order valence-electron chi connectivity index (χ0n) is 12.5. The molecule has 0 aromatic rings. The number of hydrogen-bond acceptors (Lipinski definition) is 3. The van der Waals surface area contributed by atoms with E-state index in [9.17, 15) is 8.42 Å². The molecule has 0 saturated heterocycles. The van der Waals surface area contributed by atoms with Crippen LogP contribution in [-0.2, 0) is 10.0 Å². The third-order valence-corrected chi connectivity index (χ3v) is 5.45. The molecule has 2 atom stereocenters. The summed E-state index contributed by atoms with van der Waals surface area (Å²) in [5, 5.41) is 3.24. The Morgan fingerprint density at radius 3 is 2.53 bits per heavy atom. The van der Waals surface area contributed by atoms with Crippen molar-refractivity contribution in [1.82, 2.24) is 10.0 Å². The molecule has 114 valence electrons. The lowest BCUT2D eigenvalue weighted by atomic mass is 9.83. The molecule has 0 aliphatic heterocycles. The van der Waals surface area contributed by atoms with E-state index in [-0.39, 0.29) is 11.8 Å². The largest absolute Gasteiger partial charge is 0.317 e. The maximum absolute atomic E-state index is 12.1. The van der Waals surface area contributed by atoms with Crippen LogP contribution >= 0.6 is 0 Å². The normalized spacial score (nSPS) is 24.5. The third kappa shape index (κ3) is 6.72. The fourth-order valence-electron chi connectivity index (χ4n) is 2.83. The van der Waals surface area contributed by atoms with Crippen molar-refractivity contribution in [3.05, 3.63) is 0 Å². The van der Waals surface area contributed by atoms with Gasteiger partial charge in [0.2, 0.25) is 10.0 Å². The van der Waals surface area contributed by atoms with Crippen LogP contribution in [0.5, 0.6) is 0 Å². The second-order valence-corrected chi connectivity index (χ2v) is 7.47. The minimum Gasteiger partial charge on any atom is -0.317 e. The number of rotatable bonds is 9. The van der Waals surface area contributed by atoms with E-state index in [4.69, 9.17) is 0 Å². The second-order valence-electron chi connectivity index (χ2n) is 5.60. The van der Waals surface area contributed by atoms with E-state index >= 15 is 0 Å². The minimum atomic E-state index is -3.10. The van der Waals surface area contributed by atoms with Crippen LogP contribution in [0.3, 0.4) is 0 Å². The third-order valence-electron chi connectivity index (χ3n) is 3.96. The van der Waals surface area contributed by atoms with Gasteiger partial charge in [-0.1, -0.05) is 33.1 Å². The van der Waals surface area contributed by atoms with E-state index in [1.807, 2.05) is 0 Å².